The number of nitrogens with zero attached hydrogens (tertiary/aromatic N) is 3. The highest BCUT2D eigenvalue weighted by atomic mass is 35.5. The third-order valence-corrected chi connectivity index (χ3v) is 2.46. The summed E-state index contributed by atoms with van der Waals surface area (Å²) in [5, 5.41) is 13.4. The third kappa shape index (κ3) is 2.57. The van der Waals surface area contributed by atoms with Gasteiger partial charge in [0.2, 0.25) is 11.0 Å². The van der Waals surface area contributed by atoms with Gasteiger partial charge in [-0.25, -0.2) is 9.97 Å². The number of hydrogen-bond donors (Lipinski definition) is 1. The van der Waals surface area contributed by atoms with Crippen molar-refractivity contribution in [2.75, 3.05) is 5.32 Å². The van der Waals surface area contributed by atoms with Crippen LogP contribution in [0.2, 0.25) is 5.15 Å². The Bertz CT molecular complexity index is 584. The summed E-state index contributed by atoms with van der Waals surface area (Å²) in [6.45, 7) is 2.09. The van der Waals surface area contributed by atoms with Crippen LogP contribution in [-0.2, 0) is 6.54 Å². The van der Waals surface area contributed by atoms with E-state index in [2.05, 4.69) is 15.3 Å². The Morgan fingerprint density at radius 3 is 2.89 bits per heavy atom. The van der Waals surface area contributed by atoms with Gasteiger partial charge in [-0.05, 0) is 19.1 Å². The Hall–Kier alpha value is -2.15. The smallest absolute Gasteiger partial charge is 0.348 e. The zero-order chi connectivity index (χ0) is 13.1. The minimum atomic E-state index is -0.627. The lowest BCUT2D eigenvalue weighted by molar-refractivity contribution is -0.384. The first kappa shape index (κ1) is 12.3. The fourth-order valence-corrected chi connectivity index (χ4v) is 1.60. The molecule has 0 amide bonds. The van der Waals surface area contributed by atoms with E-state index in [0.29, 0.717) is 5.76 Å². The van der Waals surface area contributed by atoms with E-state index >= 15 is 0 Å². The predicted molar refractivity (Wildman–Crippen MR) is 64.5 cm³/mol. The average Bonchev–Trinajstić information content (AvgIpc) is 2.72. The van der Waals surface area contributed by atoms with E-state index in [1.807, 2.05) is 6.92 Å². The number of aryl methyl sites for hydroxylation is 1. The van der Waals surface area contributed by atoms with Gasteiger partial charge >= 0.3 is 5.69 Å². The molecule has 2 rings (SSSR count). The van der Waals surface area contributed by atoms with Crippen molar-refractivity contribution >= 4 is 23.1 Å². The molecule has 2 aromatic heterocycles. The van der Waals surface area contributed by atoms with Crippen molar-refractivity contribution in [1.29, 1.82) is 0 Å². The molecule has 8 heteroatoms. The van der Waals surface area contributed by atoms with Crippen LogP contribution >= 0.6 is 11.6 Å². The van der Waals surface area contributed by atoms with Crippen LogP contribution in [0.25, 0.3) is 0 Å². The minimum Gasteiger partial charge on any atom is -0.465 e. The van der Waals surface area contributed by atoms with Crippen LogP contribution in [0.15, 0.2) is 22.9 Å². The van der Waals surface area contributed by atoms with E-state index in [-0.39, 0.29) is 23.2 Å². The van der Waals surface area contributed by atoms with Crippen molar-refractivity contribution in [2.24, 2.45) is 0 Å². The Morgan fingerprint density at radius 2 is 2.28 bits per heavy atom. The van der Waals surface area contributed by atoms with Crippen molar-refractivity contribution in [1.82, 2.24) is 9.97 Å². The SMILES string of the molecule is Cc1ccc(CNc2ncnc(Cl)c2[N+](=O)[O-])o1. The molecule has 0 saturated carbocycles. The molecule has 0 aliphatic heterocycles. The number of aromatic nitrogens is 2. The summed E-state index contributed by atoms with van der Waals surface area (Å²) >= 11 is 5.65. The van der Waals surface area contributed by atoms with Crippen LogP contribution in [0.4, 0.5) is 11.5 Å². The van der Waals surface area contributed by atoms with Crippen molar-refractivity contribution in [3.63, 3.8) is 0 Å². The maximum Gasteiger partial charge on any atom is 0.348 e. The minimum absolute atomic E-state index is 0.0639. The quantitative estimate of drug-likeness (QED) is 0.520. The molecule has 0 saturated heterocycles. The summed E-state index contributed by atoms with van der Waals surface area (Å²) in [6, 6.07) is 3.58. The molecule has 0 aliphatic carbocycles. The zero-order valence-electron chi connectivity index (χ0n) is 9.38. The maximum atomic E-state index is 10.8. The second-order valence-corrected chi connectivity index (χ2v) is 3.84. The summed E-state index contributed by atoms with van der Waals surface area (Å²) in [6.07, 6.45) is 1.16. The molecule has 0 bridgehead atoms. The molecule has 2 heterocycles. The van der Waals surface area contributed by atoms with Gasteiger partial charge in [0.25, 0.3) is 0 Å². The Morgan fingerprint density at radius 1 is 1.50 bits per heavy atom. The monoisotopic (exact) mass is 268 g/mol. The van der Waals surface area contributed by atoms with Gasteiger partial charge in [0, 0.05) is 0 Å². The van der Waals surface area contributed by atoms with Crippen LogP contribution < -0.4 is 5.32 Å². The van der Waals surface area contributed by atoms with Gasteiger partial charge in [-0.3, -0.25) is 10.1 Å². The topological polar surface area (TPSA) is 94.1 Å². The molecular weight excluding hydrogens is 260 g/mol. The van der Waals surface area contributed by atoms with E-state index < -0.39 is 4.92 Å². The summed E-state index contributed by atoms with van der Waals surface area (Å²) in [7, 11) is 0. The number of nitrogens with one attached hydrogen (secondary N) is 1. The summed E-state index contributed by atoms with van der Waals surface area (Å²) in [4.78, 5) is 17.6. The molecule has 0 fully saturated rings. The molecule has 0 unspecified atom stereocenters. The van der Waals surface area contributed by atoms with Crippen molar-refractivity contribution in [3.8, 4) is 0 Å². The van der Waals surface area contributed by atoms with Crippen LogP contribution in [0.5, 0.6) is 0 Å². The normalized spacial score (nSPS) is 10.3. The molecule has 0 aromatic carbocycles. The summed E-state index contributed by atoms with van der Waals surface area (Å²) < 4.78 is 5.33. The number of anilines is 1. The summed E-state index contributed by atoms with van der Waals surface area (Å²) in [5.74, 6) is 1.48. The van der Waals surface area contributed by atoms with Gasteiger partial charge in [0.1, 0.15) is 17.8 Å². The van der Waals surface area contributed by atoms with Gasteiger partial charge in [-0.2, -0.15) is 0 Å². The molecule has 18 heavy (non-hydrogen) atoms. The maximum absolute atomic E-state index is 10.8. The van der Waals surface area contributed by atoms with Crippen molar-refractivity contribution in [3.05, 3.63) is 45.2 Å². The lowest BCUT2D eigenvalue weighted by Gasteiger charge is -2.04. The van der Waals surface area contributed by atoms with Gasteiger partial charge in [-0.1, -0.05) is 11.6 Å². The molecule has 0 spiro atoms. The number of hydrogen-bond acceptors (Lipinski definition) is 6. The fourth-order valence-electron chi connectivity index (χ4n) is 1.40. The Balaban J connectivity index is 2.19. The molecule has 2 aromatic rings. The molecule has 0 radical (unpaired) electrons. The zero-order valence-corrected chi connectivity index (χ0v) is 10.1. The van der Waals surface area contributed by atoms with Crippen molar-refractivity contribution < 1.29 is 9.34 Å². The highest BCUT2D eigenvalue weighted by Crippen LogP contribution is 2.28. The molecule has 0 atom stereocenters. The van der Waals surface area contributed by atoms with Gasteiger partial charge in [0.05, 0.1) is 11.5 Å². The van der Waals surface area contributed by atoms with Crippen LogP contribution in [0.1, 0.15) is 11.5 Å². The molecule has 1 N–H and O–H groups in total. The van der Waals surface area contributed by atoms with E-state index in [1.54, 1.807) is 12.1 Å². The van der Waals surface area contributed by atoms with Gasteiger partial charge in [-0.15, -0.1) is 0 Å². The molecule has 94 valence electrons. The standard InChI is InChI=1S/C10H9ClN4O3/c1-6-2-3-7(18-6)4-12-10-8(15(16)17)9(11)13-5-14-10/h2-3,5H,4H2,1H3,(H,12,13,14). The lowest BCUT2D eigenvalue weighted by Crippen LogP contribution is -2.05. The Kier molecular flexibility index (Phi) is 3.42. The highest BCUT2D eigenvalue weighted by Gasteiger charge is 2.21. The summed E-state index contributed by atoms with van der Waals surface area (Å²) in [5.41, 5.74) is -0.345. The van der Waals surface area contributed by atoms with Gasteiger partial charge < -0.3 is 9.73 Å². The number of furan rings is 1. The first-order chi connectivity index (χ1) is 8.58. The molecule has 0 aliphatic rings. The fraction of sp³-hybridized carbons (Fsp3) is 0.200. The molecular formula is C10H9ClN4O3. The lowest BCUT2D eigenvalue weighted by atomic mass is 10.4. The third-order valence-electron chi connectivity index (χ3n) is 2.19. The first-order valence-electron chi connectivity index (χ1n) is 5.02. The Labute approximate surface area is 107 Å². The van der Waals surface area contributed by atoms with Gasteiger partial charge in [0.15, 0.2) is 0 Å². The van der Waals surface area contributed by atoms with E-state index in [4.69, 9.17) is 16.0 Å². The van der Waals surface area contributed by atoms with Crippen LogP contribution in [0, 0.1) is 17.0 Å². The number of rotatable bonds is 4. The second kappa shape index (κ2) is 5.01. The molecule has 7 nitrogen and oxygen atoms in total. The van der Waals surface area contributed by atoms with Crippen LogP contribution in [-0.4, -0.2) is 14.9 Å². The first-order valence-corrected chi connectivity index (χ1v) is 5.40. The van der Waals surface area contributed by atoms with E-state index in [0.717, 1.165) is 12.1 Å². The second-order valence-electron chi connectivity index (χ2n) is 3.48. The van der Waals surface area contributed by atoms with E-state index in [9.17, 15) is 10.1 Å². The average molecular weight is 269 g/mol. The number of halogens is 1. The van der Waals surface area contributed by atoms with Crippen LogP contribution in [0.3, 0.4) is 0 Å². The largest absolute Gasteiger partial charge is 0.465 e. The predicted octanol–water partition coefficient (Wildman–Crippen LogP) is 2.55. The highest BCUT2D eigenvalue weighted by molar-refractivity contribution is 6.31. The number of nitro groups is 1. The van der Waals surface area contributed by atoms with E-state index in [1.165, 1.54) is 0 Å². The van der Waals surface area contributed by atoms with Crippen molar-refractivity contribution in [2.45, 2.75) is 13.5 Å².